The minimum Gasteiger partial charge on any atom is -0.383 e. The first kappa shape index (κ1) is 14.6. The lowest BCUT2D eigenvalue weighted by molar-refractivity contribution is -0.141. The summed E-state index contributed by atoms with van der Waals surface area (Å²) in [4.78, 5) is 4.08. The van der Waals surface area contributed by atoms with Crippen molar-refractivity contribution in [1.82, 2.24) is 14.6 Å². The highest BCUT2D eigenvalue weighted by molar-refractivity contribution is 5.68. The van der Waals surface area contributed by atoms with Gasteiger partial charge in [-0.1, -0.05) is 6.92 Å². The van der Waals surface area contributed by atoms with Crippen molar-refractivity contribution in [3.8, 4) is 0 Å². The van der Waals surface area contributed by atoms with Gasteiger partial charge in [-0.25, -0.2) is 9.50 Å². The second-order valence-corrected chi connectivity index (χ2v) is 4.34. The number of rotatable bonds is 5. The number of nitrogens with zero attached hydrogens (tertiary/aromatic N) is 3. The molecule has 1 N–H and O–H groups in total. The van der Waals surface area contributed by atoms with E-state index in [1.165, 1.54) is 12.4 Å². The maximum atomic E-state index is 12.7. The van der Waals surface area contributed by atoms with Crippen LogP contribution in [0, 0.1) is 0 Å². The summed E-state index contributed by atoms with van der Waals surface area (Å²) in [5.41, 5.74) is -0.650. The van der Waals surface area contributed by atoms with Gasteiger partial charge in [-0.2, -0.15) is 18.3 Å². The summed E-state index contributed by atoms with van der Waals surface area (Å²) in [6.45, 7) is 2.40. The predicted molar refractivity (Wildman–Crippen MR) is 67.6 cm³/mol. The largest absolute Gasteiger partial charge is 0.435 e. The van der Waals surface area contributed by atoms with E-state index in [0.717, 1.165) is 17.0 Å². The van der Waals surface area contributed by atoms with Gasteiger partial charge in [-0.15, -0.1) is 0 Å². The van der Waals surface area contributed by atoms with Crippen molar-refractivity contribution in [2.45, 2.75) is 25.6 Å². The van der Waals surface area contributed by atoms with Gasteiger partial charge in [0, 0.05) is 25.6 Å². The first-order chi connectivity index (χ1) is 9.45. The lowest BCUT2D eigenvalue weighted by Crippen LogP contribution is -2.24. The lowest BCUT2D eigenvalue weighted by atomic mass is 10.2. The summed E-state index contributed by atoms with van der Waals surface area (Å²) in [5, 5.41) is 6.58. The number of halogens is 3. The third kappa shape index (κ3) is 3.01. The molecule has 1 unspecified atom stereocenters. The molecule has 110 valence electrons. The average Bonchev–Trinajstić information content (AvgIpc) is 2.83. The second-order valence-electron chi connectivity index (χ2n) is 4.34. The molecule has 0 spiro atoms. The summed E-state index contributed by atoms with van der Waals surface area (Å²) in [5.74, 6) is 0.361. The molecule has 2 aromatic heterocycles. The van der Waals surface area contributed by atoms with Crippen LogP contribution in [0.25, 0.3) is 5.52 Å². The van der Waals surface area contributed by atoms with Gasteiger partial charge in [-0.3, -0.25) is 0 Å². The van der Waals surface area contributed by atoms with E-state index >= 15 is 0 Å². The zero-order chi connectivity index (χ0) is 14.8. The van der Waals surface area contributed by atoms with E-state index in [0.29, 0.717) is 12.4 Å². The van der Waals surface area contributed by atoms with E-state index in [1.807, 2.05) is 6.92 Å². The first-order valence-corrected chi connectivity index (χ1v) is 6.12. The smallest absolute Gasteiger partial charge is 0.383 e. The SMILES string of the molecule is CCC(COC)Nc1nccn2nc(C(F)(F)F)cc12. The monoisotopic (exact) mass is 288 g/mol. The maximum absolute atomic E-state index is 12.7. The number of hydrogen-bond acceptors (Lipinski definition) is 4. The van der Waals surface area contributed by atoms with Crippen LogP contribution in [-0.4, -0.2) is 34.4 Å². The van der Waals surface area contributed by atoms with Gasteiger partial charge in [0.2, 0.25) is 0 Å². The molecule has 0 aliphatic heterocycles. The number of fused-ring (bicyclic) bond motifs is 1. The Hall–Kier alpha value is -1.83. The molecule has 2 heterocycles. The van der Waals surface area contributed by atoms with Crippen LogP contribution >= 0.6 is 0 Å². The van der Waals surface area contributed by atoms with E-state index in [9.17, 15) is 13.2 Å². The van der Waals surface area contributed by atoms with Crippen LogP contribution in [0.15, 0.2) is 18.5 Å². The third-order valence-electron chi connectivity index (χ3n) is 2.88. The summed E-state index contributed by atoms with van der Waals surface area (Å²) < 4.78 is 44.2. The first-order valence-electron chi connectivity index (χ1n) is 6.12. The van der Waals surface area contributed by atoms with Crippen molar-refractivity contribution < 1.29 is 17.9 Å². The number of alkyl halides is 3. The topological polar surface area (TPSA) is 51.5 Å². The van der Waals surface area contributed by atoms with Gasteiger partial charge in [-0.05, 0) is 6.42 Å². The fraction of sp³-hybridized carbons (Fsp3) is 0.500. The van der Waals surface area contributed by atoms with Crippen LogP contribution < -0.4 is 5.32 Å². The van der Waals surface area contributed by atoms with Gasteiger partial charge >= 0.3 is 6.18 Å². The summed E-state index contributed by atoms with van der Waals surface area (Å²) in [6.07, 6.45) is -0.925. The average molecular weight is 288 g/mol. The van der Waals surface area contributed by atoms with Crippen LogP contribution in [-0.2, 0) is 10.9 Å². The van der Waals surface area contributed by atoms with Crippen molar-refractivity contribution in [2.24, 2.45) is 0 Å². The third-order valence-corrected chi connectivity index (χ3v) is 2.88. The van der Waals surface area contributed by atoms with E-state index in [4.69, 9.17) is 4.74 Å². The summed E-state index contributed by atoms with van der Waals surface area (Å²) in [7, 11) is 1.57. The number of anilines is 1. The Labute approximate surface area is 113 Å². The normalized spacial score (nSPS) is 13.7. The number of aromatic nitrogens is 3. The molecule has 0 bridgehead atoms. The van der Waals surface area contributed by atoms with Crippen LogP contribution in [0.5, 0.6) is 0 Å². The molecule has 1 atom stereocenters. The molecule has 0 amide bonds. The highest BCUT2D eigenvalue weighted by Crippen LogP contribution is 2.30. The molecule has 0 aliphatic carbocycles. The van der Waals surface area contributed by atoms with Crippen molar-refractivity contribution >= 4 is 11.3 Å². The molecule has 5 nitrogen and oxygen atoms in total. The Kier molecular flexibility index (Phi) is 4.12. The molecule has 2 aromatic rings. The standard InChI is InChI=1S/C12H15F3N4O/c1-3-8(7-20-2)17-11-9-6-10(12(13,14)15)18-19(9)5-4-16-11/h4-6,8H,3,7H2,1-2H3,(H,16,17). The minimum atomic E-state index is -4.47. The van der Waals surface area contributed by atoms with Crippen LogP contribution in [0.1, 0.15) is 19.0 Å². The summed E-state index contributed by atoms with van der Waals surface area (Å²) in [6, 6.07) is 0.956. The minimum absolute atomic E-state index is 0.0251. The molecule has 2 rings (SSSR count). The molecule has 8 heteroatoms. The van der Waals surface area contributed by atoms with Gasteiger partial charge < -0.3 is 10.1 Å². The Balaban J connectivity index is 2.36. The number of nitrogens with one attached hydrogen (secondary N) is 1. The fourth-order valence-electron chi connectivity index (χ4n) is 1.83. The Morgan fingerprint density at radius 1 is 1.45 bits per heavy atom. The zero-order valence-corrected chi connectivity index (χ0v) is 11.1. The highest BCUT2D eigenvalue weighted by Gasteiger charge is 2.34. The molecule has 0 radical (unpaired) electrons. The predicted octanol–water partition coefficient (Wildman–Crippen LogP) is 2.58. The van der Waals surface area contributed by atoms with Gasteiger partial charge in [0.1, 0.15) is 5.52 Å². The van der Waals surface area contributed by atoms with E-state index < -0.39 is 11.9 Å². The number of methoxy groups -OCH3 is 1. The van der Waals surface area contributed by atoms with Crippen molar-refractivity contribution in [1.29, 1.82) is 0 Å². The Morgan fingerprint density at radius 3 is 2.80 bits per heavy atom. The lowest BCUT2D eigenvalue weighted by Gasteiger charge is -2.16. The second kappa shape index (κ2) is 5.66. The maximum Gasteiger partial charge on any atom is 0.435 e. The molecule has 0 saturated heterocycles. The van der Waals surface area contributed by atoms with Gasteiger partial charge in [0.25, 0.3) is 0 Å². The fourth-order valence-corrected chi connectivity index (χ4v) is 1.83. The molecule has 0 fully saturated rings. The molecule has 0 saturated carbocycles. The molecular formula is C12H15F3N4O. The van der Waals surface area contributed by atoms with Crippen molar-refractivity contribution in [3.05, 3.63) is 24.2 Å². The van der Waals surface area contributed by atoms with Crippen LogP contribution in [0.3, 0.4) is 0 Å². The Morgan fingerprint density at radius 2 is 2.20 bits per heavy atom. The molecule has 20 heavy (non-hydrogen) atoms. The van der Waals surface area contributed by atoms with E-state index in [2.05, 4.69) is 15.4 Å². The quantitative estimate of drug-likeness (QED) is 0.918. The van der Waals surface area contributed by atoms with Crippen molar-refractivity contribution in [3.63, 3.8) is 0 Å². The van der Waals surface area contributed by atoms with Crippen LogP contribution in [0.2, 0.25) is 0 Å². The van der Waals surface area contributed by atoms with Crippen molar-refractivity contribution in [2.75, 3.05) is 19.0 Å². The molecule has 0 aromatic carbocycles. The van der Waals surface area contributed by atoms with Gasteiger partial charge in [0.05, 0.1) is 12.6 Å². The summed E-state index contributed by atoms with van der Waals surface area (Å²) >= 11 is 0. The molecule has 0 aliphatic rings. The zero-order valence-electron chi connectivity index (χ0n) is 11.1. The molecular weight excluding hydrogens is 273 g/mol. The number of ether oxygens (including phenoxy) is 1. The van der Waals surface area contributed by atoms with E-state index in [-0.39, 0.29) is 11.6 Å². The highest BCUT2D eigenvalue weighted by atomic mass is 19.4. The Bertz CT molecular complexity index is 582. The van der Waals surface area contributed by atoms with Crippen LogP contribution in [0.4, 0.5) is 19.0 Å². The van der Waals surface area contributed by atoms with E-state index in [1.54, 1.807) is 7.11 Å². The number of hydrogen-bond donors (Lipinski definition) is 1. The van der Waals surface area contributed by atoms with Gasteiger partial charge in [0.15, 0.2) is 11.5 Å².